The second-order valence-corrected chi connectivity index (χ2v) is 6.66. The van der Waals surface area contributed by atoms with Crippen molar-refractivity contribution in [3.05, 3.63) is 67.0 Å². The van der Waals surface area contributed by atoms with Crippen LogP contribution < -0.4 is 5.32 Å². The van der Waals surface area contributed by atoms with Crippen LogP contribution in [-0.2, 0) is 4.74 Å². The van der Waals surface area contributed by atoms with Crippen molar-refractivity contribution in [1.82, 2.24) is 19.4 Å². The maximum atomic E-state index is 14.5. The zero-order valence-electron chi connectivity index (χ0n) is 15.8. The quantitative estimate of drug-likeness (QED) is 0.552. The molecule has 0 aliphatic carbocycles. The van der Waals surface area contributed by atoms with Gasteiger partial charge < -0.3 is 4.74 Å². The number of carbonyl (C=O) groups excluding carboxylic acids is 1. The summed E-state index contributed by atoms with van der Waals surface area (Å²) in [5, 5.41) is 2.59. The molecule has 1 N–H and O–H groups in total. The summed E-state index contributed by atoms with van der Waals surface area (Å²) in [7, 11) is 0. The van der Waals surface area contributed by atoms with Crippen molar-refractivity contribution in [3.63, 3.8) is 0 Å². The van der Waals surface area contributed by atoms with Gasteiger partial charge in [-0.15, -0.1) is 0 Å². The molecule has 1 amide bonds. The van der Waals surface area contributed by atoms with Gasteiger partial charge in [0.15, 0.2) is 0 Å². The first-order chi connectivity index (χ1) is 14.0. The minimum Gasteiger partial charge on any atom is -0.447 e. The molecule has 0 spiro atoms. The third-order valence-corrected chi connectivity index (χ3v) is 4.10. The molecule has 4 aromatic rings. The largest absolute Gasteiger partial charge is 0.447 e. The van der Waals surface area contributed by atoms with Crippen molar-refractivity contribution in [3.8, 4) is 22.5 Å². The first-order valence-corrected chi connectivity index (χ1v) is 9.03. The van der Waals surface area contributed by atoms with Crippen molar-refractivity contribution in [1.29, 1.82) is 0 Å². The van der Waals surface area contributed by atoms with E-state index in [1.165, 1.54) is 18.2 Å². The number of hydrogen-bond donors (Lipinski definition) is 1. The highest BCUT2D eigenvalue weighted by Crippen LogP contribution is 2.26. The number of aromatic nitrogens is 4. The van der Waals surface area contributed by atoms with Crippen LogP contribution in [0.2, 0.25) is 0 Å². The van der Waals surface area contributed by atoms with Gasteiger partial charge in [-0.25, -0.2) is 19.2 Å². The third kappa shape index (κ3) is 4.06. The summed E-state index contributed by atoms with van der Waals surface area (Å²) in [5.41, 5.74) is 2.64. The number of benzene rings is 1. The van der Waals surface area contributed by atoms with Gasteiger partial charge in [-0.1, -0.05) is 6.07 Å². The molecule has 0 fully saturated rings. The van der Waals surface area contributed by atoms with E-state index in [9.17, 15) is 9.18 Å². The Bertz CT molecular complexity index is 1170. The van der Waals surface area contributed by atoms with E-state index in [2.05, 4.69) is 20.3 Å². The fourth-order valence-electron chi connectivity index (χ4n) is 2.84. The Morgan fingerprint density at radius 2 is 2.00 bits per heavy atom. The smallest absolute Gasteiger partial charge is 0.411 e. The number of amides is 1. The molecule has 0 saturated carbocycles. The second kappa shape index (κ2) is 7.67. The van der Waals surface area contributed by atoms with E-state index in [1.807, 2.05) is 24.4 Å². The highest BCUT2D eigenvalue weighted by atomic mass is 19.1. The lowest BCUT2D eigenvalue weighted by Gasteiger charge is -2.10. The molecule has 7 nitrogen and oxygen atoms in total. The van der Waals surface area contributed by atoms with Crippen LogP contribution in [-0.4, -0.2) is 31.5 Å². The van der Waals surface area contributed by atoms with Gasteiger partial charge in [0, 0.05) is 41.6 Å². The predicted octanol–water partition coefficient (Wildman–Crippen LogP) is 4.55. The highest BCUT2D eigenvalue weighted by Gasteiger charge is 2.14. The number of anilines is 1. The van der Waals surface area contributed by atoms with Crippen molar-refractivity contribution in [2.24, 2.45) is 0 Å². The summed E-state index contributed by atoms with van der Waals surface area (Å²) in [4.78, 5) is 24.8. The molecule has 4 rings (SSSR count). The molecule has 8 heteroatoms. The van der Waals surface area contributed by atoms with Crippen LogP contribution in [0.3, 0.4) is 0 Å². The normalized spacial score (nSPS) is 11.0. The van der Waals surface area contributed by atoms with Gasteiger partial charge >= 0.3 is 6.09 Å². The minimum atomic E-state index is -0.603. The Hall–Kier alpha value is -3.81. The van der Waals surface area contributed by atoms with Crippen LogP contribution >= 0.6 is 0 Å². The highest BCUT2D eigenvalue weighted by molar-refractivity contribution is 5.86. The number of carbonyl (C=O) groups is 1. The minimum absolute atomic E-state index is 0.247. The summed E-state index contributed by atoms with van der Waals surface area (Å²) in [6.45, 7) is 3.50. The van der Waals surface area contributed by atoms with Gasteiger partial charge in [-0.2, -0.15) is 0 Å². The summed E-state index contributed by atoms with van der Waals surface area (Å²) < 4.78 is 21.2. The number of fused-ring (bicyclic) bond motifs is 1. The van der Waals surface area contributed by atoms with Crippen LogP contribution in [0.15, 0.2) is 61.2 Å². The maximum Gasteiger partial charge on any atom is 0.411 e. The first-order valence-electron chi connectivity index (χ1n) is 9.03. The van der Waals surface area contributed by atoms with Crippen LogP contribution in [0.1, 0.15) is 13.8 Å². The van der Waals surface area contributed by atoms with Gasteiger partial charge in [0.2, 0.25) is 5.78 Å². The average molecular weight is 391 g/mol. The van der Waals surface area contributed by atoms with E-state index in [1.54, 1.807) is 36.8 Å². The topological polar surface area (TPSA) is 81.4 Å². The van der Waals surface area contributed by atoms with Gasteiger partial charge in [0.05, 0.1) is 17.5 Å². The second-order valence-electron chi connectivity index (χ2n) is 6.66. The number of nitrogens with one attached hydrogen (secondary N) is 1. The molecule has 0 atom stereocenters. The molecule has 0 aliphatic heterocycles. The van der Waals surface area contributed by atoms with Gasteiger partial charge in [0.1, 0.15) is 5.82 Å². The lowest BCUT2D eigenvalue weighted by Crippen LogP contribution is -2.18. The fraction of sp³-hybridized carbons (Fsp3) is 0.143. The van der Waals surface area contributed by atoms with E-state index in [4.69, 9.17) is 4.74 Å². The number of pyridine rings is 1. The molecule has 0 unspecified atom stereocenters. The van der Waals surface area contributed by atoms with Gasteiger partial charge in [0.25, 0.3) is 0 Å². The predicted molar refractivity (Wildman–Crippen MR) is 107 cm³/mol. The zero-order chi connectivity index (χ0) is 20.4. The van der Waals surface area contributed by atoms with Crippen molar-refractivity contribution >= 4 is 17.6 Å². The molecule has 0 saturated heterocycles. The molecule has 0 aliphatic rings. The Labute approximate surface area is 166 Å². The first kappa shape index (κ1) is 18.5. The summed E-state index contributed by atoms with van der Waals surface area (Å²) in [6.07, 6.45) is 6.04. The maximum absolute atomic E-state index is 14.5. The van der Waals surface area contributed by atoms with Crippen LogP contribution in [0, 0.1) is 5.82 Å². The van der Waals surface area contributed by atoms with Crippen LogP contribution in [0.25, 0.3) is 28.3 Å². The molecular weight excluding hydrogens is 373 g/mol. The number of hydrogen-bond acceptors (Lipinski definition) is 5. The Morgan fingerprint density at radius 3 is 2.76 bits per heavy atom. The monoisotopic (exact) mass is 391 g/mol. The number of rotatable bonds is 4. The zero-order valence-corrected chi connectivity index (χ0v) is 15.8. The van der Waals surface area contributed by atoms with Crippen LogP contribution in [0.4, 0.5) is 14.9 Å². The number of ether oxygens (including phenoxy) is 1. The van der Waals surface area contributed by atoms with E-state index >= 15 is 0 Å². The Morgan fingerprint density at radius 1 is 1.14 bits per heavy atom. The molecule has 3 heterocycles. The molecule has 0 radical (unpaired) electrons. The number of halogens is 1. The molecule has 0 bridgehead atoms. The van der Waals surface area contributed by atoms with E-state index in [0.717, 1.165) is 11.3 Å². The molecule has 3 aromatic heterocycles. The number of nitrogens with zero attached hydrogens (tertiary/aromatic N) is 4. The lowest BCUT2D eigenvalue weighted by molar-refractivity contribution is 0.130. The van der Waals surface area contributed by atoms with Crippen LogP contribution in [0.5, 0.6) is 0 Å². The molecule has 146 valence electrons. The van der Waals surface area contributed by atoms with Gasteiger partial charge in [-0.05, 0) is 44.2 Å². The van der Waals surface area contributed by atoms with E-state index < -0.39 is 11.9 Å². The molecular formula is C21H18FN5O2. The lowest BCUT2D eigenvalue weighted by atomic mass is 10.1. The third-order valence-electron chi connectivity index (χ3n) is 4.10. The number of imidazole rings is 1. The van der Waals surface area contributed by atoms with Crippen molar-refractivity contribution in [2.45, 2.75) is 20.0 Å². The Kier molecular flexibility index (Phi) is 4.90. The average Bonchev–Trinajstić information content (AvgIpc) is 3.12. The van der Waals surface area contributed by atoms with E-state index in [-0.39, 0.29) is 11.7 Å². The molecule has 29 heavy (non-hydrogen) atoms. The summed E-state index contributed by atoms with van der Waals surface area (Å²) >= 11 is 0. The summed E-state index contributed by atoms with van der Waals surface area (Å²) in [5.74, 6) is -0.0298. The van der Waals surface area contributed by atoms with E-state index in [0.29, 0.717) is 17.2 Å². The Balaban J connectivity index is 1.67. The summed E-state index contributed by atoms with van der Waals surface area (Å²) in [6, 6.07) is 9.87. The van der Waals surface area contributed by atoms with Crippen molar-refractivity contribution in [2.75, 3.05) is 5.32 Å². The fourth-order valence-corrected chi connectivity index (χ4v) is 2.84. The standard InChI is InChI=1S/C21H18FN5O2/c1-13(2)29-21(28)25-15-6-7-17(22)16(9-15)19-12-27-11-14(10-24-20(27)26-19)18-5-3-4-8-23-18/h3-13H,1-2H3,(H,25,28). The molecule has 1 aromatic carbocycles. The SMILES string of the molecule is CC(C)OC(=O)Nc1ccc(F)c(-c2cn3cc(-c4ccccn4)cnc3n2)c1. The van der Waals surface area contributed by atoms with Gasteiger partial charge in [-0.3, -0.25) is 14.7 Å². The van der Waals surface area contributed by atoms with Crippen molar-refractivity contribution < 1.29 is 13.9 Å².